The molecular formula is C21H26FIN6O5S. The normalized spacial score (nSPS) is 13.1. The van der Waals surface area contributed by atoms with E-state index in [9.17, 15) is 12.8 Å². The number of ether oxygens (including phenoxy) is 2. The third kappa shape index (κ3) is 6.68. The van der Waals surface area contributed by atoms with Crippen molar-refractivity contribution in [3.63, 3.8) is 0 Å². The molecule has 11 nitrogen and oxygen atoms in total. The maximum Gasteiger partial charge on any atom is 0.333 e. The van der Waals surface area contributed by atoms with Crippen molar-refractivity contribution in [3.8, 4) is 11.5 Å². The zero-order valence-corrected chi connectivity index (χ0v) is 21.8. The number of nitrogens with two attached hydrogens (primary N) is 2. The highest BCUT2D eigenvalue weighted by Gasteiger charge is 2.21. The molecular weight excluding hydrogens is 594 g/mol. The fraction of sp³-hybridized carbons (Fsp3) is 0.476. The quantitative estimate of drug-likeness (QED) is 0.176. The monoisotopic (exact) mass is 620 g/mol. The van der Waals surface area contributed by atoms with Crippen molar-refractivity contribution < 1.29 is 26.5 Å². The third-order valence-corrected chi connectivity index (χ3v) is 7.09. The molecule has 4 rings (SSSR count). The molecule has 2 aromatic heterocycles. The number of halogens is 2. The second kappa shape index (κ2) is 11.2. The molecule has 0 unspecified atom stereocenters. The van der Waals surface area contributed by atoms with Gasteiger partial charge in [-0.05, 0) is 53.1 Å². The predicted octanol–water partition coefficient (Wildman–Crippen LogP) is 3.03. The summed E-state index contributed by atoms with van der Waals surface area (Å²) in [6.07, 6.45) is 4.71. The summed E-state index contributed by atoms with van der Waals surface area (Å²) in [7, 11) is -3.88. The minimum absolute atomic E-state index is 0.00889. The largest absolute Gasteiger partial charge is 0.454 e. The van der Waals surface area contributed by atoms with Crippen LogP contribution in [0.1, 0.15) is 49.9 Å². The Hall–Kier alpha value is -2.30. The summed E-state index contributed by atoms with van der Waals surface area (Å²) in [4.78, 5) is 12.2. The summed E-state index contributed by atoms with van der Waals surface area (Å²) < 4.78 is 53.9. The molecule has 3 heterocycles. The van der Waals surface area contributed by atoms with E-state index in [1.807, 2.05) is 16.7 Å². The van der Waals surface area contributed by atoms with Gasteiger partial charge in [0.15, 0.2) is 28.5 Å². The summed E-state index contributed by atoms with van der Waals surface area (Å²) in [6, 6.07) is 3.86. The molecule has 0 atom stereocenters. The number of unbranched alkanes of at least 4 members (excludes halogenated alkanes) is 5. The van der Waals surface area contributed by atoms with E-state index in [4.69, 9.17) is 20.3 Å². The summed E-state index contributed by atoms with van der Waals surface area (Å²) >= 11 is 2.25. The van der Waals surface area contributed by atoms with Crippen LogP contribution in [0.25, 0.3) is 11.2 Å². The average molecular weight is 620 g/mol. The van der Waals surface area contributed by atoms with Gasteiger partial charge in [0.1, 0.15) is 5.82 Å². The SMILES string of the molecule is Nc1nc(F)nc2c1nc(Cc1cc3c(cc1I)OCO3)n2CCCCCCCCOS(N)(=O)=O. The summed E-state index contributed by atoms with van der Waals surface area (Å²) in [5.74, 6) is 2.11. The number of hydrogen-bond donors (Lipinski definition) is 2. The van der Waals surface area contributed by atoms with Gasteiger partial charge in [0, 0.05) is 16.5 Å². The molecule has 0 bridgehead atoms. The van der Waals surface area contributed by atoms with E-state index in [1.165, 1.54) is 0 Å². The number of rotatable bonds is 12. The Labute approximate surface area is 215 Å². The molecule has 35 heavy (non-hydrogen) atoms. The van der Waals surface area contributed by atoms with Gasteiger partial charge < -0.3 is 19.8 Å². The Morgan fingerprint density at radius 1 is 1.06 bits per heavy atom. The molecule has 0 saturated carbocycles. The second-order valence-corrected chi connectivity index (χ2v) is 10.5. The maximum absolute atomic E-state index is 14.0. The molecule has 0 radical (unpaired) electrons. The number of anilines is 1. The van der Waals surface area contributed by atoms with Gasteiger partial charge in [0.2, 0.25) is 6.79 Å². The lowest BCUT2D eigenvalue weighted by atomic mass is 10.1. The molecule has 0 amide bonds. The van der Waals surface area contributed by atoms with Crippen LogP contribution < -0.4 is 20.3 Å². The number of hydrogen-bond acceptors (Lipinski definition) is 9. The average Bonchev–Trinajstić information content (AvgIpc) is 3.36. The first-order chi connectivity index (χ1) is 16.7. The van der Waals surface area contributed by atoms with Crippen LogP contribution in [0.15, 0.2) is 12.1 Å². The van der Waals surface area contributed by atoms with Crippen molar-refractivity contribution >= 4 is 49.9 Å². The molecule has 190 valence electrons. The van der Waals surface area contributed by atoms with Crippen LogP contribution in [-0.4, -0.2) is 41.3 Å². The minimum atomic E-state index is -3.88. The molecule has 0 saturated heterocycles. The Morgan fingerprint density at radius 3 is 2.49 bits per heavy atom. The molecule has 1 aliphatic rings. The molecule has 0 aliphatic carbocycles. The van der Waals surface area contributed by atoms with Gasteiger partial charge in [-0.1, -0.05) is 25.7 Å². The molecule has 1 aliphatic heterocycles. The van der Waals surface area contributed by atoms with Crippen LogP contribution in [0.4, 0.5) is 10.2 Å². The fourth-order valence-corrected chi connectivity index (χ4v) is 4.91. The number of aromatic nitrogens is 4. The zero-order chi connectivity index (χ0) is 25.0. The highest BCUT2D eigenvalue weighted by Crippen LogP contribution is 2.36. The smallest absolute Gasteiger partial charge is 0.333 e. The molecule has 0 spiro atoms. The lowest BCUT2D eigenvalue weighted by Crippen LogP contribution is -2.16. The van der Waals surface area contributed by atoms with E-state index in [0.717, 1.165) is 41.2 Å². The summed E-state index contributed by atoms with van der Waals surface area (Å²) in [5, 5.41) is 4.80. The van der Waals surface area contributed by atoms with Crippen LogP contribution >= 0.6 is 22.6 Å². The van der Waals surface area contributed by atoms with Gasteiger partial charge in [-0.3, -0.25) is 4.18 Å². The van der Waals surface area contributed by atoms with Crippen molar-refractivity contribution in [2.75, 3.05) is 19.1 Å². The van der Waals surface area contributed by atoms with Crippen LogP contribution in [0, 0.1) is 9.65 Å². The highest BCUT2D eigenvalue weighted by atomic mass is 127. The van der Waals surface area contributed by atoms with Crippen molar-refractivity contribution in [3.05, 3.63) is 33.2 Å². The highest BCUT2D eigenvalue weighted by molar-refractivity contribution is 14.1. The Morgan fingerprint density at radius 2 is 1.74 bits per heavy atom. The molecule has 1 aromatic carbocycles. The van der Waals surface area contributed by atoms with Crippen molar-refractivity contribution in [2.45, 2.75) is 51.5 Å². The molecule has 0 fully saturated rings. The first-order valence-corrected chi connectivity index (χ1v) is 13.7. The lowest BCUT2D eigenvalue weighted by Gasteiger charge is -2.11. The molecule has 14 heteroatoms. The summed E-state index contributed by atoms with van der Waals surface area (Å²) in [6.45, 7) is 0.879. The van der Waals surface area contributed by atoms with Crippen LogP contribution in [-0.2, 0) is 27.5 Å². The van der Waals surface area contributed by atoms with Crippen LogP contribution in [0.3, 0.4) is 0 Å². The van der Waals surface area contributed by atoms with Crippen molar-refractivity contribution in [1.29, 1.82) is 0 Å². The number of fused-ring (bicyclic) bond motifs is 2. The van der Waals surface area contributed by atoms with Gasteiger partial charge in [-0.15, -0.1) is 0 Å². The standard InChI is InChI=1S/C21H26FIN6O5S/c22-21-27-19(24)18-20(28-21)29(7-5-3-1-2-4-6-8-34-35(25,30)31)17(26-18)10-13-9-15-16(11-14(13)23)33-12-32-15/h9,11H,1-8,10,12H2,(H2,24,27,28)(H2,25,30,31). The lowest BCUT2D eigenvalue weighted by molar-refractivity contribution is 0.174. The molecule has 4 N–H and O–H groups in total. The van der Waals surface area contributed by atoms with Gasteiger partial charge >= 0.3 is 16.4 Å². The first-order valence-electron chi connectivity index (χ1n) is 11.1. The van der Waals surface area contributed by atoms with Crippen LogP contribution in [0.5, 0.6) is 11.5 Å². The fourth-order valence-electron chi connectivity index (χ4n) is 3.93. The van der Waals surface area contributed by atoms with Gasteiger partial charge in [0.25, 0.3) is 0 Å². The number of nitrogens with zero attached hydrogens (tertiary/aromatic N) is 4. The first kappa shape index (κ1) is 25.8. The van der Waals surface area contributed by atoms with E-state index in [0.29, 0.717) is 47.9 Å². The predicted molar refractivity (Wildman–Crippen MR) is 135 cm³/mol. The van der Waals surface area contributed by atoms with Crippen molar-refractivity contribution in [1.82, 2.24) is 19.5 Å². The number of aryl methyl sites for hydroxylation is 1. The van der Waals surface area contributed by atoms with E-state index in [-0.39, 0.29) is 19.2 Å². The minimum Gasteiger partial charge on any atom is -0.454 e. The number of imidazole rings is 1. The Bertz CT molecular complexity index is 1320. The maximum atomic E-state index is 14.0. The number of nitrogen functional groups attached to an aromatic ring is 1. The van der Waals surface area contributed by atoms with Gasteiger partial charge in [-0.2, -0.15) is 22.8 Å². The Kier molecular flexibility index (Phi) is 8.23. The van der Waals surface area contributed by atoms with Gasteiger partial charge in [-0.25, -0.2) is 10.1 Å². The van der Waals surface area contributed by atoms with E-state index >= 15 is 0 Å². The topological polar surface area (TPSA) is 157 Å². The summed E-state index contributed by atoms with van der Waals surface area (Å²) in [5.41, 5.74) is 7.69. The van der Waals surface area contributed by atoms with Gasteiger partial charge in [0.05, 0.1) is 6.61 Å². The van der Waals surface area contributed by atoms with Crippen molar-refractivity contribution in [2.24, 2.45) is 5.14 Å². The molecule has 3 aromatic rings. The third-order valence-electron chi connectivity index (χ3n) is 5.59. The zero-order valence-electron chi connectivity index (χ0n) is 18.9. The Balaban J connectivity index is 1.42. The van der Waals surface area contributed by atoms with E-state index in [1.54, 1.807) is 0 Å². The second-order valence-electron chi connectivity index (χ2n) is 8.14. The van der Waals surface area contributed by atoms with E-state index < -0.39 is 16.4 Å². The van der Waals surface area contributed by atoms with E-state index in [2.05, 4.69) is 41.7 Å². The van der Waals surface area contributed by atoms with Crippen LogP contribution in [0.2, 0.25) is 0 Å². The number of benzene rings is 1.